The summed E-state index contributed by atoms with van der Waals surface area (Å²) in [6.07, 6.45) is 8.00. The number of hydrogen-bond acceptors (Lipinski definition) is 4. The van der Waals surface area contributed by atoms with E-state index in [1.165, 1.54) is 6.07 Å². The van der Waals surface area contributed by atoms with Gasteiger partial charge in [-0.25, -0.2) is 4.39 Å². The van der Waals surface area contributed by atoms with Gasteiger partial charge in [-0.3, -0.25) is 9.59 Å². The number of aromatic nitrogens is 1. The second-order valence-corrected chi connectivity index (χ2v) is 10.0. The summed E-state index contributed by atoms with van der Waals surface area (Å²) in [6, 6.07) is 17.6. The number of benzene rings is 3. The van der Waals surface area contributed by atoms with Crippen LogP contribution < -0.4 is 9.47 Å². The van der Waals surface area contributed by atoms with E-state index in [4.69, 9.17) is 26.2 Å². The molecule has 0 aliphatic carbocycles. The predicted molar refractivity (Wildman–Crippen MR) is 162 cm³/mol. The quantitative estimate of drug-likeness (QED) is 0.117. The van der Waals surface area contributed by atoms with E-state index in [9.17, 15) is 14.7 Å². The maximum Gasteiger partial charge on any atom is 0.323 e. The Morgan fingerprint density at radius 1 is 0.929 bits per heavy atom. The van der Waals surface area contributed by atoms with Gasteiger partial charge >= 0.3 is 11.9 Å². The van der Waals surface area contributed by atoms with Crippen LogP contribution in [0.1, 0.15) is 35.2 Å². The van der Waals surface area contributed by atoms with Gasteiger partial charge in [0.1, 0.15) is 37.1 Å². The first-order valence-electron chi connectivity index (χ1n) is 13.4. The third-order valence-electron chi connectivity index (χ3n) is 6.67. The van der Waals surface area contributed by atoms with Crippen LogP contribution >= 0.6 is 11.6 Å². The van der Waals surface area contributed by atoms with Gasteiger partial charge < -0.3 is 24.3 Å². The minimum atomic E-state index is -1.05. The Hall–Kier alpha value is -4.56. The standard InChI is InChI=1S/C33H31ClFNO6/c1-22-28(8-5-9-30(37)38)32-29(35)17-14-24(33(32)36(22)21-31(39)40)13-10-23-11-15-26(16-12-23)41-18-2-3-19-42-27-7-4-6-25(34)20-27/h2-4,6-7,10-17,20H,5,8-9,18-19,21H2,1H3,(H,37,38)(H,39,40)/b3-2+,13-10?. The molecule has 218 valence electrons. The summed E-state index contributed by atoms with van der Waals surface area (Å²) in [7, 11) is 0. The minimum absolute atomic E-state index is 0.0549. The number of aliphatic carboxylic acids is 2. The van der Waals surface area contributed by atoms with Crippen molar-refractivity contribution in [1.82, 2.24) is 4.57 Å². The van der Waals surface area contributed by atoms with E-state index in [2.05, 4.69) is 0 Å². The van der Waals surface area contributed by atoms with E-state index in [-0.39, 0.29) is 13.0 Å². The van der Waals surface area contributed by atoms with Crippen LogP contribution in [-0.2, 0) is 22.6 Å². The zero-order valence-corrected chi connectivity index (χ0v) is 23.8. The van der Waals surface area contributed by atoms with E-state index in [0.29, 0.717) is 70.3 Å². The maximum absolute atomic E-state index is 15.1. The Morgan fingerprint density at radius 3 is 2.31 bits per heavy atom. The zero-order valence-electron chi connectivity index (χ0n) is 23.1. The molecule has 0 aliphatic rings. The van der Waals surface area contributed by atoms with Gasteiger partial charge in [0.05, 0.1) is 5.52 Å². The van der Waals surface area contributed by atoms with Gasteiger partial charge in [-0.1, -0.05) is 42.0 Å². The molecule has 0 aliphatic heterocycles. The molecule has 0 fully saturated rings. The molecule has 0 spiro atoms. The number of carboxylic acids is 2. The van der Waals surface area contributed by atoms with Crippen molar-refractivity contribution in [2.75, 3.05) is 13.2 Å². The Labute approximate surface area is 248 Å². The van der Waals surface area contributed by atoms with Crippen molar-refractivity contribution >= 4 is 46.6 Å². The molecule has 42 heavy (non-hydrogen) atoms. The predicted octanol–water partition coefficient (Wildman–Crippen LogP) is 7.42. The number of carboxylic acid groups (broad SMARTS) is 2. The molecule has 0 amide bonds. The third-order valence-corrected chi connectivity index (χ3v) is 6.91. The molecule has 7 nitrogen and oxygen atoms in total. The summed E-state index contributed by atoms with van der Waals surface area (Å²) < 4.78 is 28.0. The smallest absolute Gasteiger partial charge is 0.323 e. The van der Waals surface area contributed by atoms with Gasteiger partial charge in [0.15, 0.2) is 0 Å². The highest BCUT2D eigenvalue weighted by molar-refractivity contribution is 6.30. The summed E-state index contributed by atoms with van der Waals surface area (Å²) in [6.45, 7) is 2.17. The number of fused-ring (bicyclic) bond motifs is 1. The normalized spacial score (nSPS) is 11.5. The van der Waals surface area contributed by atoms with Crippen molar-refractivity contribution in [3.8, 4) is 11.5 Å². The van der Waals surface area contributed by atoms with Crippen LogP contribution in [-0.4, -0.2) is 39.9 Å². The summed E-state index contributed by atoms with van der Waals surface area (Å²) in [5, 5.41) is 19.5. The number of carbonyl (C=O) groups is 2. The topological polar surface area (TPSA) is 98.0 Å². The van der Waals surface area contributed by atoms with E-state index < -0.39 is 17.8 Å². The molecule has 0 saturated carbocycles. The molecule has 3 aromatic carbocycles. The van der Waals surface area contributed by atoms with Crippen LogP contribution in [0.15, 0.2) is 72.8 Å². The van der Waals surface area contributed by atoms with Crippen molar-refractivity contribution in [2.24, 2.45) is 0 Å². The average Bonchev–Trinajstić information content (AvgIpc) is 3.22. The number of hydrogen-bond donors (Lipinski definition) is 2. The molecule has 0 atom stereocenters. The van der Waals surface area contributed by atoms with Gasteiger partial charge in [0.25, 0.3) is 0 Å². The van der Waals surface area contributed by atoms with E-state index in [1.807, 2.05) is 60.7 Å². The van der Waals surface area contributed by atoms with Gasteiger partial charge in [-0.15, -0.1) is 0 Å². The summed E-state index contributed by atoms with van der Waals surface area (Å²) in [5.41, 5.74) is 3.25. The summed E-state index contributed by atoms with van der Waals surface area (Å²) in [5.74, 6) is -1.07. The Bertz CT molecular complexity index is 1620. The van der Waals surface area contributed by atoms with E-state index in [0.717, 1.165) is 5.56 Å². The van der Waals surface area contributed by atoms with Crippen LogP contribution in [0.4, 0.5) is 4.39 Å². The number of rotatable bonds is 14. The molecule has 0 bridgehead atoms. The van der Waals surface area contributed by atoms with Gasteiger partial charge in [0, 0.05) is 22.5 Å². The molecule has 1 heterocycles. The van der Waals surface area contributed by atoms with Gasteiger partial charge in [-0.2, -0.15) is 0 Å². The number of halogens is 2. The molecule has 0 unspecified atom stereocenters. The molecule has 4 rings (SSSR count). The Balaban J connectivity index is 1.44. The lowest BCUT2D eigenvalue weighted by atomic mass is 10.0. The monoisotopic (exact) mass is 591 g/mol. The first kappa shape index (κ1) is 30.4. The lowest BCUT2D eigenvalue weighted by Gasteiger charge is -2.08. The van der Waals surface area contributed by atoms with Crippen molar-refractivity contribution in [3.05, 3.63) is 106 Å². The van der Waals surface area contributed by atoms with E-state index in [1.54, 1.807) is 29.7 Å². The van der Waals surface area contributed by atoms with Crippen molar-refractivity contribution < 1.29 is 33.7 Å². The fourth-order valence-electron chi connectivity index (χ4n) is 4.70. The number of ether oxygens (including phenoxy) is 2. The fraction of sp³-hybridized carbons (Fsp3) is 0.212. The average molecular weight is 592 g/mol. The molecule has 2 N–H and O–H groups in total. The maximum atomic E-state index is 15.1. The minimum Gasteiger partial charge on any atom is -0.490 e. The Kier molecular flexibility index (Phi) is 10.4. The second kappa shape index (κ2) is 14.4. The van der Waals surface area contributed by atoms with Crippen LogP contribution in [0.25, 0.3) is 23.1 Å². The molecule has 1 aromatic heterocycles. The molecular formula is C33H31ClFNO6. The molecular weight excluding hydrogens is 561 g/mol. The first-order valence-corrected chi connectivity index (χ1v) is 13.8. The highest BCUT2D eigenvalue weighted by atomic mass is 35.5. The van der Waals surface area contributed by atoms with Gasteiger partial charge in [-0.05, 0) is 91.1 Å². The number of aryl methyl sites for hydroxylation is 1. The number of nitrogens with zero attached hydrogens (tertiary/aromatic N) is 1. The fourth-order valence-corrected chi connectivity index (χ4v) is 4.88. The van der Waals surface area contributed by atoms with E-state index >= 15 is 4.39 Å². The SMILES string of the molecule is Cc1c(CCCC(=O)O)c2c(F)ccc(C=Cc3ccc(OC/C=C/COc4cccc(Cl)c4)cc3)c2n1CC(=O)O. The van der Waals surface area contributed by atoms with Crippen LogP contribution in [0.5, 0.6) is 11.5 Å². The van der Waals surface area contributed by atoms with Crippen LogP contribution in [0.2, 0.25) is 5.02 Å². The van der Waals surface area contributed by atoms with Crippen molar-refractivity contribution in [2.45, 2.75) is 32.7 Å². The highest BCUT2D eigenvalue weighted by Gasteiger charge is 2.21. The zero-order chi connectivity index (χ0) is 30.1. The molecule has 4 aromatic rings. The third kappa shape index (κ3) is 8.01. The molecule has 0 radical (unpaired) electrons. The first-order chi connectivity index (χ1) is 20.2. The lowest BCUT2D eigenvalue weighted by Crippen LogP contribution is -2.10. The Morgan fingerprint density at radius 2 is 1.64 bits per heavy atom. The highest BCUT2D eigenvalue weighted by Crippen LogP contribution is 2.33. The molecule has 9 heteroatoms. The van der Waals surface area contributed by atoms with Gasteiger partial charge in [0.2, 0.25) is 0 Å². The van der Waals surface area contributed by atoms with Crippen molar-refractivity contribution in [3.63, 3.8) is 0 Å². The van der Waals surface area contributed by atoms with Crippen LogP contribution in [0, 0.1) is 12.7 Å². The second-order valence-electron chi connectivity index (χ2n) is 9.60. The van der Waals surface area contributed by atoms with Crippen LogP contribution in [0.3, 0.4) is 0 Å². The summed E-state index contributed by atoms with van der Waals surface area (Å²) in [4.78, 5) is 22.7. The molecule has 0 saturated heterocycles. The van der Waals surface area contributed by atoms with Crippen molar-refractivity contribution in [1.29, 1.82) is 0 Å². The largest absolute Gasteiger partial charge is 0.490 e. The summed E-state index contributed by atoms with van der Waals surface area (Å²) >= 11 is 5.95. The lowest BCUT2D eigenvalue weighted by molar-refractivity contribution is -0.138.